The van der Waals surface area contributed by atoms with Gasteiger partial charge in [0.25, 0.3) is 5.91 Å². The Kier molecular flexibility index (Phi) is 6.61. The van der Waals surface area contributed by atoms with Crippen LogP contribution >= 0.6 is 0 Å². The van der Waals surface area contributed by atoms with E-state index in [4.69, 9.17) is 0 Å². The molecule has 0 atom stereocenters. The molecular formula is C26H28N4O2. The maximum atomic E-state index is 12.8. The van der Waals surface area contributed by atoms with Gasteiger partial charge in [-0.2, -0.15) is 0 Å². The molecule has 1 aliphatic heterocycles. The average molecular weight is 429 g/mol. The van der Waals surface area contributed by atoms with E-state index in [1.165, 1.54) is 6.08 Å². The third kappa shape index (κ3) is 4.86. The fourth-order valence-electron chi connectivity index (χ4n) is 4.10. The van der Waals surface area contributed by atoms with Gasteiger partial charge in [-0.05, 0) is 55.1 Å². The van der Waals surface area contributed by atoms with Crippen LogP contribution in [0.15, 0.2) is 67.3 Å². The molecule has 32 heavy (non-hydrogen) atoms. The number of nitrogens with one attached hydrogen (secondary N) is 2. The molecule has 0 radical (unpaired) electrons. The van der Waals surface area contributed by atoms with Gasteiger partial charge >= 0.3 is 0 Å². The minimum Gasteiger partial charge on any atom is -0.348 e. The number of hydrogen-bond donors (Lipinski definition) is 2. The zero-order valence-corrected chi connectivity index (χ0v) is 18.3. The van der Waals surface area contributed by atoms with Gasteiger partial charge in [-0.1, -0.05) is 43.8 Å². The highest BCUT2D eigenvalue weighted by Gasteiger charge is 2.21. The number of fused-ring (bicyclic) bond motifs is 1. The molecule has 4 rings (SSSR count). The summed E-state index contributed by atoms with van der Waals surface area (Å²) >= 11 is 0. The molecule has 164 valence electrons. The molecule has 2 amide bonds. The summed E-state index contributed by atoms with van der Waals surface area (Å²) in [6.07, 6.45) is 3.17. The van der Waals surface area contributed by atoms with Crippen molar-refractivity contribution in [2.45, 2.75) is 25.8 Å². The zero-order valence-electron chi connectivity index (χ0n) is 18.3. The topological polar surface area (TPSA) is 74.3 Å². The van der Waals surface area contributed by atoms with Crippen molar-refractivity contribution in [3.05, 3.63) is 72.9 Å². The number of carbonyl (C=O) groups excluding carboxylic acids is 2. The van der Waals surface area contributed by atoms with Gasteiger partial charge in [0.2, 0.25) is 5.91 Å². The molecule has 2 heterocycles. The van der Waals surface area contributed by atoms with Crippen molar-refractivity contribution < 1.29 is 9.59 Å². The number of anilines is 1. The van der Waals surface area contributed by atoms with Crippen LogP contribution in [0, 0.1) is 0 Å². The summed E-state index contributed by atoms with van der Waals surface area (Å²) in [6.45, 7) is 8.75. The van der Waals surface area contributed by atoms with E-state index in [2.05, 4.69) is 34.0 Å². The molecule has 6 heteroatoms. The molecule has 2 aromatic carbocycles. The Morgan fingerprint density at radius 2 is 1.91 bits per heavy atom. The maximum absolute atomic E-state index is 12.8. The van der Waals surface area contributed by atoms with Gasteiger partial charge in [0, 0.05) is 35.8 Å². The van der Waals surface area contributed by atoms with E-state index in [0.717, 1.165) is 48.8 Å². The Bertz CT molecular complexity index is 1150. The number of nitrogens with zero attached hydrogens (tertiary/aromatic N) is 2. The lowest BCUT2D eigenvalue weighted by Gasteiger charge is -2.31. The fraction of sp³-hybridized carbons (Fsp3) is 0.269. The van der Waals surface area contributed by atoms with Gasteiger partial charge in [0.1, 0.15) is 5.69 Å². The minimum absolute atomic E-state index is 0.137. The number of amides is 2. The molecule has 0 bridgehead atoms. The number of pyridine rings is 1. The van der Waals surface area contributed by atoms with Crippen molar-refractivity contribution in [3.8, 4) is 11.3 Å². The second-order valence-electron chi connectivity index (χ2n) is 8.02. The number of rotatable bonds is 6. The maximum Gasteiger partial charge on any atom is 0.270 e. The summed E-state index contributed by atoms with van der Waals surface area (Å²) in [5.41, 5.74) is 2.71. The molecule has 1 aliphatic rings. The lowest BCUT2D eigenvalue weighted by Crippen LogP contribution is -2.44. The highest BCUT2D eigenvalue weighted by molar-refractivity contribution is 6.06. The van der Waals surface area contributed by atoms with Crippen molar-refractivity contribution in [1.82, 2.24) is 15.2 Å². The number of aromatic nitrogens is 1. The van der Waals surface area contributed by atoms with Crippen LogP contribution in [-0.2, 0) is 4.79 Å². The van der Waals surface area contributed by atoms with E-state index in [1.54, 1.807) is 6.07 Å². The Balaban J connectivity index is 1.56. The van der Waals surface area contributed by atoms with Crippen LogP contribution in [0.5, 0.6) is 0 Å². The first-order chi connectivity index (χ1) is 15.6. The fourth-order valence-corrected chi connectivity index (χ4v) is 4.10. The number of piperidine rings is 1. The molecule has 1 aromatic heterocycles. The molecule has 0 unspecified atom stereocenters. The number of benzene rings is 2. The Morgan fingerprint density at radius 1 is 1.12 bits per heavy atom. The predicted octanol–water partition coefficient (Wildman–Crippen LogP) is 4.24. The van der Waals surface area contributed by atoms with Gasteiger partial charge in [-0.15, -0.1) is 0 Å². The van der Waals surface area contributed by atoms with Crippen LogP contribution in [0.4, 0.5) is 5.69 Å². The van der Waals surface area contributed by atoms with Gasteiger partial charge < -0.3 is 15.5 Å². The second-order valence-corrected chi connectivity index (χ2v) is 8.02. The molecule has 0 saturated carbocycles. The zero-order chi connectivity index (χ0) is 22.5. The predicted molar refractivity (Wildman–Crippen MR) is 129 cm³/mol. The second kappa shape index (κ2) is 9.75. The number of likely N-dealkylation sites (tertiary alicyclic amines) is 1. The lowest BCUT2D eigenvalue weighted by molar-refractivity contribution is -0.111. The van der Waals surface area contributed by atoms with Crippen LogP contribution in [0.3, 0.4) is 0 Å². The number of carbonyl (C=O) groups is 2. The first-order valence-electron chi connectivity index (χ1n) is 11.0. The summed E-state index contributed by atoms with van der Waals surface area (Å²) in [5, 5.41) is 7.90. The van der Waals surface area contributed by atoms with Crippen molar-refractivity contribution in [1.29, 1.82) is 0 Å². The normalized spacial score (nSPS) is 14.8. The lowest BCUT2D eigenvalue weighted by atomic mass is 10.0. The van der Waals surface area contributed by atoms with Gasteiger partial charge in [-0.3, -0.25) is 9.59 Å². The van der Waals surface area contributed by atoms with Crippen molar-refractivity contribution in [2.75, 3.05) is 25.0 Å². The van der Waals surface area contributed by atoms with E-state index in [0.29, 0.717) is 17.1 Å². The van der Waals surface area contributed by atoms with E-state index in [-0.39, 0.29) is 17.9 Å². The molecule has 2 N–H and O–H groups in total. The van der Waals surface area contributed by atoms with Crippen LogP contribution in [-0.4, -0.2) is 47.4 Å². The molecule has 6 nitrogen and oxygen atoms in total. The molecule has 0 spiro atoms. The summed E-state index contributed by atoms with van der Waals surface area (Å²) in [7, 11) is 0. The van der Waals surface area contributed by atoms with Crippen molar-refractivity contribution >= 4 is 28.3 Å². The largest absolute Gasteiger partial charge is 0.348 e. The summed E-state index contributed by atoms with van der Waals surface area (Å²) < 4.78 is 0. The first kappa shape index (κ1) is 21.7. The average Bonchev–Trinajstić information content (AvgIpc) is 2.84. The SMILES string of the molecule is C=CC(=O)Nc1cccc2ccc(-c3cccc(C(=O)NC4CCN(CC)CC4)n3)cc12. The molecule has 3 aromatic rings. The molecule has 0 aliphatic carbocycles. The van der Waals surface area contributed by atoms with E-state index in [9.17, 15) is 9.59 Å². The van der Waals surface area contributed by atoms with E-state index in [1.807, 2.05) is 48.5 Å². The summed E-state index contributed by atoms with van der Waals surface area (Å²) in [6, 6.07) is 17.4. The van der Waals surface area contributed by atoms with E-state index >= 15 is 0 Å². The van der Waals surface area contributed by atoms with Gasteiger partial charge in [0.05, 0.1) is 5.69 Å². The van der Waals surface area contributed by atoms with Crippen LogP contribution in [0.25, 0.3) is 22.0 Å². The van der Waals surface area contributed by atoms with Crippen molar-refractivity contribution in [2.24, 2.45) is 0 Å². The molecule has 1 fully saturated rings. The standard InChI is InChI=1S/C26H28N4O2/c1-3-25(31)29-23-9-5-7-18-11-12-19(17-21(18)23)22-8-6-10-24(28-22)26(32)27-20-13-15-30(4-2)16-14-20/h3,5-12,17,20H,1,4,13-16H2,2H3,(H,27,32)(H,29,31). The first-order valence-corrected chi connectivity index (χ1v) is 11.0. The van der Waals surface area contributed by atoms with Gasteiger partial charge in [0.15, 0.2) is 0 Å². The van der Waals surface area contributed by atoms with E-state index < -0.39 is 0 Å². The Morgan fingerprint density at radius 3 is 2.66 bits per heavy atom. The van der Waals surface area contributed by atoms with Crippen LogP contribution in [0.1, 0.15) is 30.3 Å². The Hall–Kier alpha value is -3.51. The monoisotopic (exact) mass is 428 g/mol. The smallest absolute Gasteiger partial charge is 0.270 e. The molecule has 1 saturated heterocycles. The van der Waals surface area contributed by atoms with Gasteiger partial charge in [-0.25, -0.2) is 4.98 Å². The summed E-state index contributed by atoms with van der Waals surface area (Å²) in [4.78, 5) is 31.7. The van der Waals surface area contributed by atoms with Crippen LogP contribution in [0.2, 0.25) is 0 Å². The third-order valence-corrected chi connectivity index (χ3v) is 5.97. The highest BCUT2D eigenvalue weighted by atomic mass is 16.2. The minimum atomic E-state index is -0.260. The number of hydrogen-bond acceptors (Lipinski definition) is 4. The quantitative estimate of drug-likeness (QED) is 0.576. The molecular weight excluding hydrogens is 400 g/mol. The van der Waals surface area contributed by atoms with Crippen LogP contribution < -0.4 is 10.6 Å². The Labute approximate surface area is 188 Å². The third-order valence-electron chi connectivity index (χ3n) is 5.97. The highest BCUT2D eigenvalue weighted by Crippen LogP contribution is 2.28. The summed E-state index contributed by atoms with van der Waals surface area (Å²) in [5.74, 6) is -0.397. The van der Waals surface area contributed by atoms with Crippen molar-refractivity contribution in [3.63, 3.8) is 0 Å².